The Hall–Kier alpha value is -1.85. The van der Waals surface area contributed by atoms with Crippen LogP contribution in [0.1, 0.15) is 85.1 Å². The van der Waals surface area contributed by atoms with Crippen molar-refractivity contribution in [3.05, 3.63) is 17.5 Å². The first kappa shape index (κ1) is 17.0. The molecule has 0 bridgehead atoms. The van der Waals surface area contributed by atoms with E-state index in [-0.39, 0.29) is 29.6 Å². The summed E-state index contributed by atoms with van der Waals surface area (Å²) >= 11 is 0. The van der Waals surface area contributed by atoms with E-state index < -0.39 is 0 Å². The third kappa shape index (κ3) is 4.16. The first-order chi connectivity index (χ1) is 11.6. The maximum absolute atomic E-state index is 12.6. The average molecular weight is 332 g/mol. The monoisotopic (exact) mass is 332 g/mol. The van der Waals surface area contributed by atoms with Crippen molar-refractivity contribution in [3.63, 3.8) is 0 Å². The Morgan fingerprint density at radius 3 is 1.96 bits per heavy atom. The van der Waals surface area contributed by atoms with Gasteiger partial charge in [-0.05, 0) is 25.7 Å². The molecule has 2 amide bonds. The van der Waals surface area contributed by atoms with E-state index in [1.54, 1.807) is 17.9 Å². The van der Waals surface area contributed by atoms with Crippen LogP contribution in [0.3, 0.4) is 0 Å². The van der Waals surface area contributed by atoms with Gasteiger partial charge in [0.15, 0.2) is 5.69 Å². The molecule has 0 saturated heterocycles. The number of amides is 2. The SMILES string of the molecule is Cn1cc(C(=O)NC2CCCCC2)c(C(=O)NC2CCCCC2)n1. The summed E-state index contributed by atoms with van der Waals surface area (Å²) in [6.45, 7) is 0. The van der Waals surface area contributed by atoms with Crippen LogP contribution in [0.25, 0.3) is 0 Å². The van der Waals surface area contributed by atoms with Crippen LogP contribution in [-0.4, -0.2) is 33.7 Å². The summed E-state index contributed by atoms with van der Waals surface area (Å²) in [6.07, 6.45) is 12.8. The Morgan fingerprint density at radius 1 is 0.917 bits per heavy atom. The number of nitrogens with zero attached hydrogens (tertiary/aromatic N) is 2. The van der Waals surface area contributed by atoms with Gasteiger partial charge >= 0.3 is 0 Å². The fourth-order valence-corrected chi connectivity index (χ4v) is 3.83. The molecule has 0 aliphatic heterocycles. The minimum atomic E-state index is -0.226. The van der Waals surface area contributed by atoms with E-state index in [0.717, 1.165) is 51.4 Å². The third-order valence-corrected chi connectivity index (χ3v) is 5.17. The normalized spacial score (nSPS) is 19.9. The lowest BCUT2D eigenvalue weighted by Gasteiger charge is -2.23. The van der Waals surface area contributed by atoms with Crippen LogP contribution < -0.4 is 10.6 Å². The van der Waals surface area contributed by atoms with Gasteiger partial charge < -0.3 is 10.6 Å². The Morgan fingerprint density at radius 2 is 1.42 bits per heavy atom. The van der Waals surface area contributed by atoms with Crippen LogP contribution in [0.2, 0.25) is 0 Å². The van der Waals surface area contributed by atoms with E-state index in [9.17, 15) is 9.59 Å². The van der Waals surface area contributed by atoms with E-state index in [4.69, 9.17) is 0 Å². The number of carbonyl (C=O) groups is 2. The number of rotatable bonds is 4. The molecule has 0 unspecified atom stereocenters. The Labute approximate surface area is 143 Å². The summed E-state index contributed by atoms with van der Waals surface area (Å²) in [5, 5.41) is 10.4. The molecule has 2 aliphatic carbocycles. The topological polar surface area (TPSA) is 76.0 Å². The first-order valence-electron chi connectivity index (χ1n) is 9.29. The smallest absolute Gasteiger partial charge is 0.272 e. The molecule has 6 nitrogen and oxygen atoms in total. The van der Waals surface area contributed by atoms with Gasteiger partial charge in [-0.2, -0.15) is 5.10 Å². The molecule has 1 heterocycles. The summed E-state index contributed by atoms with van der Waals surface area (Å²) in [5.41, 5.74) is 0.632. The van der Waals surface area contributed by atoms with Crippen molar-refractivity contribution in [1.82, 2.24) is 20.4 Å². The average Bonchev–Trinajstić information content (AvgIpc) is 2.99. The zero-order valence-corrected chi connectivity index (χ0v) is 14.5. The van der Waals surface area contributed by atoms with Crippen molar-refractivity contribution < 1.29 is 9.59 Å². The molecule has 0 spiro atoms. The van der Waals surface area contributed by atoms with Crippen molar-refractivity contribution in [2.75, 3.05) is 0 Å². The molecule has 2 N–H and O–H groups in total. The summed E-state index contributed by atoms with van der Waals surface area (Å²) in [4.78, 5) is 25.2. The molecule has 3 rings (SSSR count). The van der Waals surface area contributed by atoms with Crippen molar-refractivity contribution in [3.8, 4) is 0 Å². The highest BCUT2D eigenvalue weighted by Gasteiger charge is 2.26. The van der Waals surface area contributed by atoms with Crippen LogP contribution in [0, 0.1) is 0 Å². The van der Waals surface area contributed by atoms with Crippen LogP contribution in [0.4, 0.5) is 0 Å². The number of nitrogens with one attached hydrogen (secondary N) is 2. The maximum Gasteiger partial charge on any atom is 0.272 e. The van der Waals surface area contributed by atoms with Crippen LogP contribution in [-0.2, 0) is 7.05 Å². The standard InChI is InChI=1S/C18H28N4O2/c1-22-12-15(17(23)19-13-8-4-2-5-9-13)16(21-22)18(24)20-14-10-6-3-7-11-14/h12-14H,2-11H2,1H3,(H,19,23)(H,20,24). The number of aromatic nitrogens is 2. The van der Waals surface area contributed by atoms with Crippen LogP contribution >= 0.6 is 0 Å². The highest BCUT2D eigenvalue weighted by Crippen LogP contribution is 2.20. The first-order valence-corrected chi connectivity index (χ1v) is 9.29. The molecular weight excluding hydrogens is 304 g/mol. The summed E-state index contributed by atoms with van der Waals surface area (Å²) in [6, 6.07) is 0.434. The zero-order chi connectivity index (χ0) is 16.9. The highest BCUT2D eigenvalue weighted by molar-refractivity contribution is 6.06. The Kier molecular flexibility index (Phi) is 5.53. The molecule has 0 aromatic carbocycles. The van der Waals surface area contributed by atoms with Gasteiger partial charge in [-0.15, -0.1) is 0 Å². The van der Waals surface area contributed by atoms with Crippen molar-refractivity contribution in [1.29, 1.82) is 0 Å². The predicted molar refractivity (Wildman–Crippen MR) is 91.9 cm³/mol. The molecule has 132 valence electrons. The fourth-order valence-electron chi connectivity index (χ4n) is 3.83. The Bertz CT molecular complexity index is 534. The number of carbonyl (C=O) groups excluding carboxylic acids is 2. The molecule has 2 aliphatic rings. The van der Waals surface area contributed by atoms with Gasteiger partial charge in [0.25, 0.3) is 11.8 Å². The third-order valence-electron chi connectivity index (χ3n) is 5.17. The van der Waals surface area contributed by atoms with Gasteiger partial charge in [-0.25, -0.2) is 0 Å². The summed E-state index contributed by atoms with van der Waals surface area (Å²) in [5.74, 6) is -0.403. The second-order valence-electron chi connectivity index (χ2n) is 7.18. The quantitative estimate of drug-likeness (QED) is 0.889. The largest absolute Gasteiger partial charge is 0.349 e. The number of hydrogen-bond acceptors (Lipinski definition) is 3. The molecule has 0 atom stereocenters. The van der Waals surface area contributed by atoms with E-state index in [0.29, 0.717) is 5.56 Å². The second-order valence-corrected chi connectivity index (χ2v) is 7.18. The van der Waals surface area contributed by atoms with Crippen molar-refractivity contribution >= 4 is 11.8 Å². The van der Waals surface area contributed by atoms with Gasteiger partial charge in [0.2, 0.25) is 0 Å². The van der Waals surface area contributed by atoms with Gasteiger partial charge in [0.05, 0.1) is 5.56 Å². The van der Waals surface area contributed by atoms with E-state index in [1.807, 2.05) is 0 Å². The van der Waals surface area contributed by atoms with Gasteiger partial charge in [-0.3, -0.25) is 14.3 Å². The molecule has 2 saturated carbocycles. The molecule has 2 fully saturated rings. The van der Waals surface area contributed by atoms with Crippen LogP contribution in [0.5, 0.6) is 0 Å². The number of aryl methyl sites for hydroxylation is 1. The lowest BCUT2D eigenvalue weighted by Crippen LogP contribution is -2.39. The molecule has 1 aromatic heterocycles. The van der Waals surface area contributed by atoms with E-state index in [2.05, 4.69) is 15.7 Å². The predicted octanol–water partition coefficient (Wildman–Crippen LogP) is 2.55. The molecule has 24 heavy (non-hydrogen) atoms. The lowest BCUT2D eigenvalue weighted by atomic mass is 9.95. The Balaban J connectivity index is 1.66. The van der Waals surface area contributed by atoms with Gasteiger partial charge in [0, 0.05) is 25.3 Å². The van der Waals surface area contributed by atoms with Gasteiger partial charge in [-0.1, -0.05) is 38.5 Å². The molecule has 1 aromatic rings. The fraction of sp³-hybridized carbons (Fsp3) is 0.722. The minimum Gasteiger partial charge on any atom is -0.349 e. The molecule has 0 radical (unpaired) electrons. The summed E-state index contributed by atoms with van der Waals surface area (Å²) < 4.78 is 1.55. The second kappa shape index (κ2) is 7.81. The number of hydrogen-bond donors (Lipinski definition) is 2. The molecular formula is C18H28N4O2. The van der Waals surface area contributed by atoms with E-state index >= 15 is 0 Å². The minimum absolute atomic E-state index is 0.177. The highest BCUT2D eigenvalue weighted by atomic mass is 16.2. The van der Waals surface area contributed by atoms with E-state index in [1.165, 1.54) is 12.8 Å². The zero-order valence-electron chi connectivity index (χ0n) is 14.5. The van der Waals surface area contributed by atoms with Crippen LogP contribution in [0.15, 0.2) is 6.20 Å². The lowest BCUT2D eigenvalue weighted by molar-refractivity contribution is 0.0890. The van der Waals surface area contributed by atoms with Gasteiger partial charge in [0.1, 0.15) is 0 Å². The molecule has 6 heteroatoms. The van der Waals surface area contributed by atoms with Crippen molar-refractivity contribution in [2.24, 2.45) is 7.05 Å². The summed E-state index contributed by atoms with van der Waals surface area (Å²) in [7, 11) is 1.74. The van der Waals surface area contributed by atoms with Crippen molar-refractivity contribution in [2.45, 2.75) is 76.3 Å². The maximum atomic E-state index is 12.6.